The Morgan fingerprint density at radius 3 is 2.61 bits per heavy atom. The normalized spacial score (nSPS) is 14.6. The van der Waals surface area contributed by atoms with Crippen LogP contribution < -0.4 is 0 Å². The van der Waals surface area contributed by atoms with Crippen molar-refractivity contribution in [1.29, 1.82) is 0 Å². The summed E-state index contributed by atoms with van der Waals surface area (Å²) in [6.45, 7) is 0.111. The van der Waals surface area contributed by atoms with Crippen molar-refractivity contribution in [2.45, 2.75) is 19.4 Å². The van der Waals surface area contributed by atoms with Crippen molar-refractivity contribution in [3.8, 4) is 11.8 Å². The zero-order valence-corrected chi connectivity index (χ0v) is 9.85. The van der Waals surface area contributed by atoms with Gasteiger partial charge in [0.15, 0.2) is 0 Å². The maximum Gasteiger partial charge on any atom is 0.229 e. The second-order valence-corrected chi connectivity index (χ2v) is 4.03. The smallest absolute Gasteiger partial charge is 0.229 e. The Hall–Kier alpha value is -2.12. The highest BCUT2D eigenvalue weighted by Gasteiger charge is 2.28. The number of nitrogens with zero attached hydrogens (tertiary/aromatic N) is 1. The van der Waals surface area contributed by atoms with E-state index in [0.717, 1.165) is 11.1 Å². The van der Waals surface area contributed by atoms with Crippen molar-refractivity contribution in [3.05, 3.63) is 35.4 Å². The van der Waals surface area contributed by atoms with Crippen LogP contribution in [0.5, 0.6) is 0 Å². The minimum atomic E-state index is -0.187. The summed E-state index contributed by atoms with van der Waals surface area (Å²) in [6, 6.07) is 7.31. The van der Waals surface area contributed by atoms with Crippen LogP contribution in [0.3, 0.4) is 0 Å². The molecule has 92 valence electrons. The summed E-state index contributed by atoms with van der Waals surface area (Å²) in [5, 5.41) is 8.62. The number of hydrogen-bond donors (Lipinski definition) is 1. The van der Waals surface area contributed by atoms with E-state index in [0.29, 0.717) is 19.4 Å². The van der Waals surface area contributed by atoms with Gasteiger partial charge in [0.1, 0.15) is 6.61 Å². The number of hydrogen-bond acceptors (Lipinski definition) is 3. The lowest BCUT2D eigenvalue weighted by Gasteiger charge is -2.13. The van der Waals surface area contributed by atoms with Crippen molar-refractivity contribution in [3.63, 3.8) is 0 Å². The summed E-state index contributed by atoms with van der Waals surface area (Å²) in [5.41, 5.74) is 1.63. The van der Waals surface area contributed by atoms with Gasteiger partial charge in [0.25, 0.3) is 0 Å². The van der Waals surface area contributed by atoms with Gasteiger partial charge in [0.05, 0.1) is 6.54 Å². The van der Waals surface area contributed by atoms with Crippen LogP contribution in [0.4, 0.5) is 0 Å². The molecule has 0 aromatic heterocycles. The fourth-order valence-electron chi connectivity index (χ4n) is 1.87. The minimum absolute atomic E-state index is 0.119. The lowest BCUT2D eigenvalue weighted by Crippen LogP contribution is -2.28. The van der Waals surface area contributed by atoms with Crippen molar-refractivity contribution in [2.24, 2.45) is 0 Å². The number of aliphatic hydroxyl groups excluding tert-OH is 1. The van der Waals surface area contributed by atoms with E-state index in [2.05, 4.69) is 11.8 Å². The van der Waals surface area contributed by atoms with Crippen LogP contribution in [0.15, 0.2) is 24.3 Å². The number of aliphatic hydroxyl groups is 1. The summed E-state index contributed by atoms with van der Waals surface area (Å²) < 4.78 is 0. The van der Waals surface area contributed by atoms with Crippen molar-refractivity contribution in [1.82, 2.24) is 4.90 Å². The van der Waals surface area contributed by atoms with Gasteiger partial charge in [-0.1, -0.05) is 24.0 Å². The molecular weight excluding hydrogens is 230 g/mol. The fourth-order valence-corrected chi connectivity index (χ4v) is 1.87. The van der Waals surface area contributed by atoms with Gasteiger partial charge in [-0.15, -0.1) is 0 Å². The minimum Gasteiger partial charge on any atom is -0.384 e. The van der Waals surface area contributed by atoms with Gasteiger partial charge in [-0.05, 0) is 17.7 Å². The Morgan fingerprint density at radius 1 is 1.22 bits per heavy atom. The van der Waals surface area contributed by atoms with Crippen molar-refractivity contribution < 1.29 is 14.7 Å². The van der Waals surface area contributed by atoms with Gasteiger partial charge < -0.3 is 5.11 Å². The third-order valence-corrected chi connectivity index (χ3v) is 2.73. The standard InChI is InChI=1S/C14H13NO3/c16-8-2-5-11-3-1-4-12(9-11)10-15-13(17)6-7-14(15)18/h1,3-4,9,16H,6-8,10H2. The molecule has 0 bridgehead atoms. The SMILES string of the molecule is O=C1CCC(=O)N1Cc1cccc(C#CCO)c1. The van der Waals surface area contributed by atoms with Gasteiger partial charge >= 0.3 is 0 Å². The molecule has 0 spiro atoms. The third kappa shape index (κ3) is 2.76. The molecule has 1 aromatic rings. The molecule has 0 radical (unpaired) electrons. The van der Waals surface area contributed by atoms with Crippen LogP contribution >= 0.6 is 0 Å². The summed E-state index contributed by atoms with van der Waals surface area (Å²) in [4.78, 5) is 24.3. The van der Waals surface area contributed by atoms with Crippen LogP contribution in [-0.4, -0.2) is 28.4 Å². The first-order valence-corrected chi connectivity index (χ1v) is 5.72. The Balaban J connectivity index is 2.14. The first-order valence-electron chi connectivity index (χ1n) is 5.72. The number of imide groups is 1. The number of benzene rings is 1. The average Bonchev–Trinajstić information content (AvgIpc) is 2.69. The zero-order chi connectivity index (χ0) is 13.0. The molecule has 1 N–H and O–H groups in total. The average molecular weight is 243 g/mol. The molecule has 0 unspecified atom stereocenters. The molecule has 2 rings (SSSR count). The Kier molecular flexibility index (Phi) is 3.75. The van der Waals surface area contributed by atoms with Gasteiger partial charge in [-0.2, -0.15) is 0 Å². The van der Waals surface area contributed by atoms with Crippen molar-refractivity contribution >= 4 is 11.8 Å². The van der Waals surface area contributed by atoms with E-state index >= 15 is 0 Å². The molecule has 1 heterocycles. The van der Waals surface area contributed by atoms with E-state index in [-0.39, 0.29) is 18.4 Å². The van der Waals surface area contributed by atoms with Crippen LogP contribution in [0.25, 0.3) is 0 Å². The second kappa shape index (κ2) is 5.48. The summed E-state index contributed by atoms with van der Waals surface area (Å²) >= 11 is 0. The number of amides is 2. The predicted octanol–water partition coefficient (Wildman–Crippen LogP) is 0.679. The molecule has 1 aromatic carbocycles. The lowest BCUT2D eigenvalue weighted by atomic mass is 10.1. The van der Waals surface area contributed by atoms with E-state index in [1.807, 2.05) is 24.3 Å². The van der Waals surface area contributed by atoms with E-state index in [4.69, 9.17) is 5.11 Å². The number of carbonyl (C=O) groups excluding carboxylic acids is 2. The highest BCUT2D eigenvalue weighted by molar-refractivity contribution is 6.01. The molecule has 4 nitrogen and oxygen atoms in total. The first kappa shape index (κ1) is 12.3. The topological polar surface area (TPSA) is 57.6 Å². The first-order chi connectivity index (χ1) is 8.70. The molecule has 1 saturated heterocycles. The van der Waals surface area contributed by atoms with Crippen LogP contribution in [0.1, 0.15) is 24.0 Å². The number of carbonyl (C=O) groups is 2. The second-order valence-electron chi connectivity index (χ2n) is 4.03. The molecule has 1 aliphatic heterocycles. The summed E-state index contributed by atoms with van der Waals surface area (Å²) in [5.74, 6) is 5.12. The summed E-state index contributed by atoms with van der Waals surface area (Å²) in [7, 11) is 0. The van der Waals surface area contributed by atoms with Gasteiger partial charge in [0, 0.05) is 18.4 Å². The third-order valence-electron chi connectivity index (χ3n) is 2.73. The highest BCUT2D eigenvalue weighted by Crippen LogP contribution is 2.16. The number of likely N-dealkylation sites (tertiary alicyclic amines) is 1. The lowest BCUT2D eigenvalue weighted by molar-refractivity contribution is -0.139. The van der Waals surface area contributed by atoms with Crippen LogP contribution in [-0.2, 0) is 16.1 Å². The molecule has 4 heteroatoms. The maximum absolute atomic E-state index is 11.5. The molecular formula is C14H13NO3. The van der Waals surface area contributed by atoms with Gasteiger partial charge in [-0.25, -0.2) is 0 Å². The van der Waals surface area contributed by atoms with Crippen LogP contribution in [0, 0.1) is 11.8 Å². The Morgan fingerprint density at radius 2 is 1.94 bits per heavy atom. The molecule has 1 aliphatic rings. The highest BCUT2D eigenvalue weighted by atomic mass is 16.2. The summed E-state index contributed by atoms with van der Waals surface area (Å²) in [6.07, 6.45) is 0.617. The quantitative estimate of drug-likeness (QED) is 0.614. The van der Waals surface area contributed by atoms with E-state index in [9.17, 15) is 9.59 Å². The molecule has 0 saturated carbocycles. The monoisotopic (exact) mass is 243 g/mol. The van der Waals surface area contributed by atoms with Crippen molar-refractivity contribution in [2.75, 3.05) is 6.61 Å². The van der Waals surface area contributed by atoms with E-state index in [1.54, 1.807) is 0 Å². The Labute approximate surface area is 105 Å². The fraction of sp³-hybridized carbons (Fsp3) is 0.286. The maximum atomic E-state index is 11.5. The molecule has 18 heavy (non-hydrogen) atoms. The Bertz CT molecular complexity index is 523. The van der Waals surface area contributed by atoms with Crippen LogP contribution in [0.2, 0.25) is 0 Å². The zero-order valence-electron chi connectivity index (χ0n) is 9.85. The molecule has 2 amide bonds. The van der Waals surface area contributed by atoms with E-state index < -0.39 is 0 Å². The van der Waals surface area contributed by atoms with E-state index in [1.165, 1.54) is 4.90 Å². The molecule has 0 aliphatic carbocycles. The van der Waals surface area contributed by atoms with Gasteiger partial charge in [0.2, 0.25) is 11.8 Å². The van der Waals surface area contributed by atoms with Gasteiger partial charge in [-0.3, -0.25) is 14.5 Å². The predicted molar refractivity (Wildman–Crippen MR) is 65.2 cm³/mol. The largest absolute Gasteiger partial charge is 0.384 e. The molecule has 1 fully saturated rings. The number of rotatable bonds is 2. The molecule has 0 atom stereocenters.